The molecule has 19 heavy (non-hydrogen) atoms. The SMILES string of the molecule is N#Cc1cccc(Nc2ncc(C=O)c(CF)n2)c1. The molecule has 1 aromatic carbocycles. The third-order valence-electron chi connectivity index (χ3n) is 2.40. The Bertz CT molecular complexity index is 651. The predicted molar refractivity (Wildman–Crippen MR) is 66.7 cm³/mol. The first-order valence-electron chi connectivity index (χ1n) is 5.41. The van der Waals surface area contributed by atoms with Crippen molar-refractivity contribution in [1.29, 1.82) is 5.26 Å². The van der Waals surface area contributed by atoms with Crippen LogP contribution in [0.4, 0.5) is 16.0 Å². The highest BCUT2D eigenvalue weighted by molar-refractivity contribution is 5.76. The molecular weight excluding hydrogens is 247 g/mol. The van der Waals surface area contributed by atoms with E-state index in [1.807, 2.05) is 6.07 Å². The molecule has 1 heterocycles. The largest absolute Gasteiger partial charge is 0.324 e. The summed E-state index contributed by atoms with van der Waals surface area (Å²) in [4.78, 5) is 18.4. The molecule has 0 bridgehead atoms. The van der Waals surface area contributed by atoms with Gasteiger partial charge >= 0.3 is 0 Å². The Labute approximate surface area is 108 Å². The molecule has 94 valence electrons. The van der Waals surface area contributed by atoms with Gasteiger partial charge in [0.25, 0.3) is 0 Å². The van der Waals surface area contributed by atoms with Gasteiger partial charge in [0, 0.05) is 11.9 Å². The molecule has 0 unspecified atom stereocenters. The molecule has 2 aromatic rings. The molecule has 0 aliphatic carbocycles. The number of carbonyl (C=O) groups is 1. The molecule has 5 nitrogen and oxygen atoms in total. The number of rotatable bonds is 4. The van der Waals surface area contributed by atoms with Crippen LogP contribution in [0.15, 0.2) is 30.5 Å². The first-order chi connectivity index (χ1) is 9.26. The molecule has 0 radical (unpaired) electrons. The predicted octanol–water partition coefficient (Wildman–Crippen LogP) is 2.37. The Balaban J connectivity index is 2.28. The van der Waals surface area contributed by atoms with Crippen molar-refractivity contribution < 1.29 is 9.18 Å². The molecule has 6 heteroatoms. The summed E-state index contributed by atoms with van der Waals surface area (Å²) in [7, 11) is 0. The molecule has 0 spiro atoms. The van der Waals surface area contributed by atoms with Gasteiger partial charge in [-0.05, 0) is 18.2 Å². The van der Waals surface area contributed by atoms with E-state index in [1.165, 1.54) is 6.20 Å². The zero-order valence-corrected chi connectivity index (χ0v) is 9.80. The second kappa shape index (κ2) is 5.69. The Morgan fingerprint density at radius 3 is 3.00 bits per heavy atom. The summed E-state index contributed by atoms with van der Waals surface area (Å²) in [5.74, 6) is 0.174. The minimum absolute atomic E-state index is 0.0314. The van der Waals surface area contributed by atoms with Crippen LogP contribution >= 0.6 is 0 Å². The number of benzene rings is 1. The normalized spacial score (nSPS) is 9.68. The molecule has 0 aliphatic rings. The number of nitrogens with one attached hydrogen (secondary N) is 1. The summed E-state index contributed by atoms with van der Waals surface area (Å²) < 4.78 is 12.7. The van der Waals surface area contributed by atoms with Crippen molar-refractivity contribution in [3.63, 3.8) is 0 Å². The topological polar surface area (TPSA) is 78.7 Å². The van der Waals surface area contributed by atoms with Gasteiger partial charge in [-0.25, -0.2) is 14.4 Å². The summed E-state index contributed by atoms with van der Waals surface area (Å²) in [5, 5.41) is 11.6. The number of alkyl halides is 1. The number of nitriles is 1. The zero-order valence-electron chi connectivity index (χ0n) is 9.80. The van der Waals surface area contributed by atoms with Crippen molar-refractivity contribution in [2.45, 2.75) is 6.67 Å². The first-order valence-corrected chi connectivity index (χ1v) is 5.41. The van der Waals surface area contributed by atoms with Gasteiger partial charge < -0.3 is 5.32 Å². The van der Waals surface area contributed by atoms with Gasteiger partial charge in [0.15, 0.2) is 6.29 Å². The summed E-state index contributed by atoms with van der Waals surface area (Å²) >= 11 is 0. The number of halogens is 1. The lowest BCUT2D eigenvalue weighted by molar-refractivity contribution is 0.112. The molecule has 0 saturated carbocycles. The van der Waals surface area contributed by atoms with Crippen LogP contribution < -0.4 is 5.32 Å². The van der Waals surface area contributed by atoms with Crippen LogP contribution in [0.3, 0.4) is 0 Å². The van der Waals surface area contributed by atoms with Crippen LogP contribution in [-0.4, -0.2) is 16.3 Å². The monoisotopic (exact) mass is 256 g/mol. The lowest BCUT2D eigenvalue weighted by atomic mass is 10.2. The Kier molecular flexibility index (Phi) is 3.78. The third kappa shape index (κ3) is 2.90. The maximum absolute atomic E-state index is 12.7. The minimum atomic E-state index is -0.844. The molecule has 0 saturated heterocycles. The van der Waals surface area contributed by atoms with Crippen molar-refractivity contribution in [3.05, 3.63) is 47.3 Å². The molecule has 1 N–H and O–H groups in total. The molecule has 1 aromatic heterocycles. The van der Waals surface area contributed by atoms with E-state index in [2.05, 4.69) is 15.3 Å². The van der Waals surface area contributed by atoms with Gasteiger partial charge in [-0.3, -0.25) is 4.79 Å². The van der Waals surface area contributed by atoms with Gasteiger partial charge in [0.1, 0.15) is 6.67 Å². The molecule has 0 fully saturated rings. The fourth-order valence-electron chi connectivity index (χ4n) is 1.49. The lowest BCUT2D eigenvalue weighted by Gasteiger charge is -2.06. The smallest absolute Gasteiger partial charge is 0.227 e. The number of anilines is 2. The van der Waals surface area contributed by atoms with Crippen LogP contribution in [0.1, 0.15) is 21.6 Å². The molecular formula is C13H9FN4O. The van der Waals surface area contributed by atoms with Gasteiger partial charge in [-0.2, -0.15) is 5.26 Å². The zero-order chi connectivity index (χ0) is 13.7. The standard InChI is InChI=1S/C13H9FN4O/c14-5-12-10(8-19)7-16-13(18-12)17-11-3-1-2-9(4-11)6-15/h1-4,7-8H,5H2,(H,16,17,18). The molecule has 2 rings (SSSR count). The molecule has 0 amide bonds. The Hall–Kier alpha value is -2.81. The van der Waals surface area contributed by atoms with Crippen molar-refractivity contribution in [1.82, 2.24) is 9.97 Å². The fourth-order valence-corrected chi connectivity index (χ4v) is 1.49. The van der Waals surface area contributed by atoms with E-state index in [0.29, 0.717) is 17.5 Å². The number of hydrogen-bond donors (Lipinski definition) is 1. The fraction of sp³-hybridized carbons (Fsp3) is 0.0769. The van der Waals surface area contributed by atoms with Gasteiger partial charge in [0.05, 0.1) is 22.9 Å². The van der Waals surface area contributed by atoms with Crippen LogP contribution in [0.5, 0.6) is 0 Å². The number of nitrogens with zero attached hydrogens (tertiary/aromatic N) is 3. The quantitative estimate of drug-likeness (QED) is 0.849. The van der Waals surface area contributed by atoms with Gasteiger partial charge in [-0.1, -0.05) is 6.07 Å². The van der Waals surface area contributed by atoms with Crippen LogP contribution in [0, 0.1) is 11.3 Å². The van der Waals surface area contributed by atoms with Crippen molar-refractivity contribution >= 4 is 17.9 Å². The van der Waals surface area contributed by atoms with E-state index in [9.17, 15) is 9.18 Å². The van der Waals surface area contributed by atoms with Crippen LogP contribution in [-0.2, 0) is 6.67 Å². The van der Waals surface area contributed by atoms with E-state index >= 15 is 0 Å². The van der Waals surface area contributed by atoms with E-state index < -0.39 is 6.67 Å². The number of carbonyl (C=O) groups excluding carboxylic acids is 1. The van der Waals surface area contributed by atoms with E-state index in [-0.39, 0.29) is 17.2 Å². The number of aldehydes is 1. The average molecular weight is 256 g/mol. The molecule has 0 aliphatic heterocycles. The third-order valence-corrected chi connectivity index (χ3v) is 2.40. The second-order valence-corrected chi connectivity index (χ2v) is 3.66. The summed E-state index contributed by atoms with van der Waals surface area (Å²) in [6, 6.07) is 8.72. The minimum Gasteiger partial charge on any atom is -0.324 e. The second-order valence-electron chi connectivity index (χ2n) is 3.66. The summed E-state index contributed by atoms with van der Waals surface area (Å²) in [5.41, 5.74) is 1.26. The number of hydrogen-bond acceptors (Lipinski definition) is 5. The highest BCUT2D eigenvalue weighted by atomic mass is 19.1. The summed E-state index contributed by atoms with van der Waals surface area (Å²) in [6.45, 7) is -0.844. The highest BCUT2D eigenvalue weighted by Gasteiger charge is 2.06. The van der Waals surface area contributed by atoms with E-state index in [1.54, 1.807) is 24.3 Å². The van der Waals surface area contributed by atoms with Crippen molar-refractivity contribution in [2.75, 3.05) is 5.32 Å². The first kappa shape index (κ1) is 12.6. The van der Waals surface area contributed by atoms with Crippen molar-refractivity contribution in [3.8, 4) is 6.07 Å². The lowest BCUT2D eigenvalue weighted by Crippen LogP contribution is -2.03. The number of aromatic nitrogens is 2. The van der Waals surface area contributed by atoms with Gasteiger partial charge in [0.2, 0.25) is 5.95 Å². The molecule has 0 atom stereocenters. The highest BCUT2D eigenvalue weighted by Crippen LogP contribution is 2.15. The van der Waals surface area contributed by atoms with E-state index in [0.717, 1.165) is 0 Å². The van der Waals surface area contributed by atoms with E-state index in [4.69, 9.17) is 5.26 Å². The summed E-state index contributed by atoms with van der Waals surface area (Å²) in [6.07, 6.45) is 1.76. The maximum atomic E-state index is 12.7. The maximum Gasteiger partial charge on any atom is 0.227 e. The average Bonchev–Trinajstić information content (AvgIpc) is 2.47. The van der Waals surface area contributed by atoms with Crippen LogP contribution in [0.2, 0.25) is 0 Å². The Morgan fingerprint density at radius 2 is 2.32 bits per heavy atom. The van der Waals surface area contributed by atoms with Gasteiger partial charge in [-0.15, -0.1) is 0 Å². The Morgan fingerprint density at radius 1 is 1.47 bits per heavy atom. The van der Waals surface area contributed by atoms with Crippen molar-refractivity contribution in [2.24, 2.45) is 0 Å². The van der Waals surface area contributed by atoms with Crippen LogP contribution in [0.25, 0.3) is 0 Å².